The summed E-state index contributed by atoms with van der Waals surface area (Å²) >= 11 is 1.08. The Kier molecular flexibility index (Phi) is 11.9. The standard InChI is InChI=1S/C28H26N2O8S.C10H12O4/c1-33-21-9-7-17(14-22(21)34-2)28(32)18(10-15-11-23(35-3)26(37-5)24(12-15)36-4)25(27(31)38-28)16-6-8-19-20(13-16)30-39-29-19;1-12-8-4-7(6-11)5-9(13-2)10(8)14-3/h6-9,11-14,32H,10H2,1-5H3;4-6H,1-3H3. The molecule has 0 radical (unpaired) electrons. The first-order chi connectivity index (χ1) is 25.6. The van der Waals surface area contributed by atoms with Crippen LogP contribution in [0.5, 0.6) is 46.0 Å². The van der Waals surface area contributed by atoms with Crippen molar-refractivity contribution in [3.8, 4) is 46.0 Å². The zero-order chi connectivity index (χ0) is 38.3. The molecule has 0 aliphatic carbocycles. The van der Waals surface area contributed by atoms with Crippen LogP contribution in [0.3, 0.4) is 0 Å². The minimum atomic E-state index is -2.11. The van der Waals surface area contributed by atoms with Crippen molar-refractivity contribution < 1.29 is 57.3 Å². The highest BCUT2D eigenvalue weighted by Crippen LogP contribution is 2.48. The molecule has 0 saturated carbocycles. The lowest BCUT2D eigenvalue weighted by Gasteiger charge is -2.26. The van der Waals surface area contributed by atoms with Crippen LogP contribution in [0, 0.1) is 0 Å². The summed E-state index contributed by atoms with van der Waals surface area (Å²) in [6.45, 7) is 0. The molecule has 278 valence electrons. The maximum atomic E-state index is 13.5. The number of aromatic nitrogens is 2. The highest BCUT2D eigenvalue weighted by atomic mass is 32.1. The molecule has 14 nitrogen and oxygen atoms in total. The largest absolute Gasteiger partial charge is 0.493 e. The zero-order valence-electron chi connectivity index (χ0n) is 30.3. The number of cyclic esters (lactones) is 1. The van der Waals surface area contributed by atoms with Crippen LogP contribution in [0.25, 0.3) is 16.6 Å². The van der Waals surface area contributed by atoms with Crippen LogP contribution in [0.2, 0.25) is 0 Å². The second kappa shape index (κ2) is 16.5. The molecule has 1 aliphatic rings. The fourth-order valence-electron chi connectivity index (χ4n) is 5.87. The van der Waals surface area contributed by atoms with Crippen LogP contribution in [-0.2, 0) is 21.7 Å². The lowest BCUT2D eigenvalue weighted by molar-refractivity contribution is -0.185. The Morgan fingerprint density at radius 2 is 1.21 bits per heavy atom. The molecule has 1 aromatic heterocycles. The maximum Gasteiger partial charge on any atom is 0.342 e. The number of nitrogens with zero attached hydrogens (tertiary/aromatic N) is 2. The van der Waals surface area contributed by atoms with Gasteiger partial charge in [-0.3, -0.25) is 4.79 Å². The van der Waals surface area contributed by atoms with Crippen molar-refractivity contribution in [3.63, 3.8) is 0 Å². The van der Waals surface area contributed by atoms with E-state index in [-0.39, 0.29) is 12.0 Å². The van der Waals surface area contributed by atoms with Gasteiger partial charge < -0.3 is 47.7 Å². The van der Waals surface area contributed by atoms with Gasteiger partial charge in [0.05, 0.1) is 74.2 Å². The summed E-state index contributed by atoms with van der Waals surface area (Å²) in [6, 6.07) is 16.8. The number of esters is 1. The van der Waals surface area contributed by atoms with Gasteiger partial charge in [0.2, 0.25) is 11.5 Å². The molecule has 1 unspecified atom stereocenters. The zero-order valence-corrected chi connectivity index (χ0v) is 31.1. The van der Waals surface area contributed by atoms with Crippen molar-refractivity contribution in [3.05, 3.63) is 88.5 Å². The highest BCUT2D eigenvalue weighted by Gasteiger charge is 2.48. The number of benzene rings is 4. The van der Waals surface area contributed by atoms with E-state index in [0.717, 1.165) is 18.0 Å². The second-order valence-electron chi connectivity index (χ2n) is 11.2. The smallest absolute Gasteiger partial charge is 0.342 e. The molecule has 0 spiro atoms. The third-order valence-corrected chi connectivity index (χ3v) is 8.96. The van der Waals surface area contributed by atoms with Crippen LogP contribution in [-0.4, -0.2) is 83.0 Å². The fourth-order valence-corrected chi connectivity index (χ4v) is 6.39. The van der Waals surface area contributed by atoms with Gasteiger partial charge in [0.25, 0.3) is 5.79 Å². The molecule has 0 amide bonds. The number of aliphatic hydroxyl groups is 1. The minimum absolute atomic E-state index is 0.107. The normalized spacial score (nSPS) is 14.8. The number of rotatable bonds is 13. The number of methoxy groups -OCH3 is 8. The SMILES string of the molecule is COc1cc(C=O)cc(OC)c1OC.COc1ccc(C2(O)OC(=O)C(c3ccc4nsnc4c3)=C2Cc2cc(OC)c(OC)c(OC)c2)cc1OC. The first kappa shape index (κ1) is 38.2. The van der Waals surface area contributed by atoms with E-state index in [1.54, 1.807) is 60.7 Å². The first-order valence-corrected chi connectivity index (χ1v) is 16.5. The number of carbonyl (C=O) groups excluding carboxylic acids is 2. The number of fused-ring (bicyclic) bond motifs is 1. The number of hydrogen-bond donors (Lipinski definition) is 1. The van der Waals surface area contributed by atoms with E-state index in [1.807, 2.05) is 0 Å². The molecule has 0 saturated heterocycles. The van der Waals surface area contributed by atoms with Crippen molar-refractivity contribution in [2.24, 2.45) is 0 Å². The summed E-state index contributed by atoms with van der Waals surface area (Å²) in [4.78, 5) is 24.1. The molecule has 1 aliphatic heterocycles. The topological polar surface area (TPSA) is 163 Å². The first-order valence-electron chi connectivity index (χ1n) is 15.8. The van der Waals surface area contributed by atoms with Crippen LogP contribution in [0.15, 0.2) is 66.2 Å². The molecular formula is C38H38N2O12S. The van der Waals surface area contributed by atoms with Crippen molar-refractivity contribution >= 4 is 40.6 Å². The van der Waals surface area contributed by atoms with Gasteiger partial charge in [-0.25, -0.2) is 4.79 Å². The van der Waals surface area contributed by atoms with Gasteiger partial charge >= 0.3 is 5.97 Å². The molecule has 0 bridgehead atoms. The minimum Gasteiger partial charge on any atom is -0.493 e. The molecule has 2 heterocycles. The van der Waals surface area contributed by atoms with E-state index in [9.17, 15) is 14.7 Å². The number of carbonyl (C=O) groups is 2. The van der Waals surface area contributed by atoms with Crippen LogP contribution in [0.1, 0.15) is 27.0 Å². The van der Waals surface area contributed by atoms with Gasteiger partial charge in [0.15, 0.2) is 34.5 Å². The van der Waals surface area contributed by atoms with E-state index in [0.29, 0.717) is 84.9 Å². The third kappa shape index (κ3) is 7.47. The predicted octanol–water partition coefficient (Wildman–Crippen LogP) is 5.66. The fraction of sp³-hybridized carbons (Fsp3) is 0.263. The second-order valence-corrected chi connectivity index (χ2v) is 11.7. The van der Waals surface area contributed by atoms with E-state index >= 15 is 0 Å². The molecule has 0 fully saturated rings. The summed E-state index contributed by atoms with van der Waals surface area (Å²) in [5.74, 6) is 0.782. The van der Waals surface area contributed by atoms with Crippen LogP contribution in [0.4, 0.5) is 0 Å². The Balaban J connectivity index is 0.000000326. The Morgan fingerprint density at radius 1 is 0.660 bits per heavy atom. The molecule has 1 N–H and O–H groups in total. The molecule has 15 heteroatoms. The molecule has 6 rings (SSSR count). The molecular weight excluding hydrogens is 708 g/mol. The average Bonchev–Trinajstić information content (AvgIpc) is 3.77. The quantitative estimate of drug-likeness (QED) is 0.116. The van der Waals surface area contributed by atoms with Crippen LogP contribution < -0.4 is 37.9 Å². The van der Waals surface area contributed by atoms with E-state index in [2.05, 4.69) is 8.75 Å². The Bertz CT molecular complexity index is 2110. The predicted molar refractivity (Wildman–Crippen MR) is 195 cm³/mol. The third-order valence-electron chi connectivity index (χ3n) is 8.40. The summed E-state index contributed by atoms with van der Waals surface area (Å²) in [5, 5.41) is 12.1. The summed E-state index contributed by atoms with van der Waals surface area (Å²) in [6.07, 6.45) is 0.834. The molecule has 4 aromatic carbocycles. The van der Waals surface area contributed by atoms with E-state index in [1.165, 1.54) is 56.9 Å². The van der Waals surface area contributed by atoms with Gasteiger partial charge in [-0.2, -0.15) is 8.75 Å². The van der Waals surface area contributed by atoms with E-state index in [4.69, 9.17) is 42.6 Å². The maximum absolute atomic E-state index is 13.5. The summed E-state index contributed by atoms with van der Waals surface area (Å²) in [7, 11) is 12.1. The summed E-state index contributed by atoms with van der Waals surface area (Å²) in [5.41, 5.74) is 3.88. The summed E-state index contributed by atoms with van der Waals surface area (Å²) < 4.78 is 56.8. The number of aldehydes is 1. The van der Waals surface area contributed by atoms with Crippen molar-refractivity contribution in [1.29, 1.82) is 0 Å². The monoisotopic (exact) mass is 746 g/mol. The number of hydrogen-bond acceptors (Lipinski definition) is 15. The number of ether oxygens (including phenoxy) is 9. The lowest BCUT2D eigenvalue weighted by Crippen LogP contribution is -2.30. The molecule has 53 heavy (non-hydrogen) atoms. The van der Waals surface area contributed by atoms with Crippen molar-refractivity contribution in [2.45, 2.75) is 12.2 Å². The Morgan fingerprint density at radius 3 is 1.74 bits per heavy atom. The van der Waals surface area contributed by atoms with Gasteiger partial charge in [-0.15, -0.1) is 0 Å². The highest BCUT2D eigenvalue weighted by molar-refractivity contribution is 7.00. The molecule has 5 aromatic rings. The molecule has 1 atom stereocenters. The Labute approximate surface area is 309 Å². The average molecular weight is 747 g/mol. The Hall–Kier alpha value is -6.06. The van der Waals surface area contributed by atoms with Crippen LogP contribution >= 0.6 is 11.7 Å². The van der Waals surface area contributed by atoms with Gasteiger partial charge in [0.1, 0.15) is 17.3 Å². The van der Waals surface area contributed by atoms with Gasteiger partial charge in [-0.1, -0.05) is 6.07 Å². The van der Waals surface area contributed by atoms with E-state index < -0.39 is 11.8 Å². The van der Waals surface area contributed by atoms with Gasteiger partial charge in [0, 0.05) is 23.1 Å². The van der Waals surface area contributed by atoms with Crippen molar-refractivity contribution in [1.82, 2.24) is 8.75 Å². The van der Waals surface area contributed by atoms with Gasteiger partial charge in [-0.05, 0) is 65.7 Å². The lowest BCUT2D eigenvalue weighted by atomic mass is 9.87. The van der Waals surface area contributed by atoms with Crippen molar-refractivity contribution in [2.75, 3.05) is 56.9 Å².